The van der Waals surface area contributed by atoms with Gasteiger partial charge in [0, 0.05) is 38.5 Å². The minimum Gasteiger partial charge on any atom is -0.467 e. The number of thiazole rings is 1. The molecular weight excluding hydrogens is 494 g/mol. The Hall–Kier alpha value is -3.43. The molecule has 0 bridgehead atoms. The fourth-order valence-corrected chi connectivity index (χ4v) is 6.48. The molecule has 1 aromatic heterocycles. The predicted octanol–water partition coefficient (Wildman–Crippen LogP) is 5.11. The van der Waals surface area contributed by atoms with Crippen LogP contribution in [0.2, 0.25) is 0 Å². The predicted molar refractivity (Wildman–Crippen MR) is 142 cm³/mol. The zero-order valence-electron chi connectivity index (χ0n) is 20.1. The molecule has 0 saturated carbocycles. The number of rotatable bonds is 6. The summed E-state index contributed by atoms with van der Waals surface area (Å²) in [7, 11) is -2.20. The van der Waals surface area contributed by atoms with Gasteiger partial charge in [-0.05, 0) is 55.0 Å². The van der Waals surface area contributed by atoms with Crippen molar-refractivity contribution in [3.63, 3.8) is 0 Å². The highest BCUT2D eigenvalue weighted by Gasteiger charge is 2.27. The summed E-state index contributed by atoms with van der Waals surface area (Å²) >= 11 is 1.55. The Kier molecular flexibility index (Phi) is 6.68. The van der Waals surface area contributed by atoms with Crippen molar-refractivity contribution in [1.82, 2.24) is 9.88 Å². The lowest BCUT2D eigenvalue weighted by atomic mass is 10.1. The normalized spacial score (nSPS) is 14.7. The fourth-order valence-electron chi connectivity index (χ4n) is 4.32. The number of sulfonamides is 1. The van der Waals surface area contributed by atoms with E-state index in [4.69, 9.17) is 4.74 Å². The number of benzene rings is 3. The highest BCUT2D eigenvalue weighted by atomic mass is 32.2. The van der Waals surface area contributed by atoms with Crippen molar-refractivity contribution in [2.45, 2.75) is 30.8 Å². The summed E-state index contributed by atoms with van der Waals surface area (Å²) < 4.78 is 34.5. The maximum Gasteiger partial charge on any atom is 0.274 e. The van der Waals surface area contributed by atoms with Crippen molar-refractivity contribution in [3.8, 4) is 5.19 Å². The summed E-state index contributed by atoms with van der Waals surface area (Å²) in [6.45, 7) is 3.19. The van der Waals surface area contributed by atoms with Gasteiger partial charge in [-0.25, -0.2) is 13.4 Å². The Labute approximate surface area is 215 Å². The smallest absolute Gasteiger partial charge is 0.274 e. The van der Waals surface area contributed by atoms with Crippen LogP contribution in [0.3, 0.4) is 0 Å². The molecule has 1 aliphatic rings. The number of hydrogen-bond donors (Lipinski definition) is 0. The number of nitrogens with zero attached hydrogens (tertiary/aromatic N) is 3. The zero-order valence-corrected chi connectivity index (χ0v) is 21.8. The molecule has 5 rings (SSSR count). The minimum absolute atomic E-state index is 0.0101. The van der Waals surface area contributed by atoms with Crippen LogP contribution >= 0.6 is 11.3 Å². The Morgan fingerprint density at radius 2 is 1.69 bits per heavy atom. The van der Waals surface area contributed by atoms with Crippen molar-refractivity contribution in [3.05, 3.63) is 83.9 Å². The van der Waals surface area contributed by atoms with Gasteiger partial charge in [0.15, 0.2) is 0 Å². The SMILES string of the molecule is Cc1cccc2sc(OC3CCN(C(=O)c4ccc(S(=O)(=O)N(C)c5ccccc5)cc4)CC3)nc12. The van der Waals surface area contributed by atoms with Gasteiger partial charge in [-0.15, -0.1) is 0 Å². The standard InChI is InChI=1S/C27H27N3O4S2/c1-19-7-6-10-24-25(19)28-27(35-24)34-22-15-17-30(18-16-22)26(31)20-11-13-23(14-12-20)36(32,33)29(2)21-8-4-3-5-9-21/h3-14,22H,15-18H2,1-2H3. The van der Waals surface area contributed by atoms with Crippen LogP contribution in [-0.2, 0) is 10.0 Å². The number of likely N-dealkylation sites (tertiary alicyclic amines) is 1. The molecule has 2 heterocycles. The summed E-state index contributed by atoms with van der Waals surface area (Å²) in [6, 6.07) is 21.1. The van der Waals surface area contributed by atoms with Gasteiger partial charge in [-0.2, -0.15) is 0 Å². The molecule has 1 saturated heterocycles. The van der Waals surface area contributed by atoms with Crippen molar-refractivity contribution in [2.75, 3.05) is 24.4 Å². The average Bonchev–Trinajstić information content (AvgIpc) is 3.33. The second-order valence-electron chi connectivity index (χ2n) is 8.84. The molecule has 3 aromatic carbocycles. The highest BCUT2D eigenvalue weighted by molar-refractivity contribution is 7.92. The number of piperidine rings is 1. The third kappa shape index (κ3) is 4.81. The van der Waals surface area contributed by atoms with E-state index in [9.17, 15) is 13.2 Å². The molecule has 1 fully saturated rings. The number of aryl methyl sites for hydroxylation is 1. The number of ether oxygens (including phenoxy) is 1. The molecule has 0 N–H and O–H groups in total. The minimum atomic E-state index is -3.72. The molecular formula is C27H27N3O4S2. The highest BCUT2D eigenvalue weighted by Crippen LogP contribution is 2.31. The molecule has 4 aromatic rings. The van der Waals surface area contributed by atoms with E-state index in [1.165, 1.54) is 23.5 Å². The van der Waals surface area contributed by atoms with Gasteiger partial charge in [0.05, 0.1) is 20.8 Å². The third-order valence-electron chi connectivity index (χ3n) is 6.48. The second-order valence-corrected chi connectivity index (χ2v) is 11.8. The lowest BCUT2D eigenvalue weighted by molar-refractivity contribution is 0.0595. The Balaban J connectivity index is 1.20. The number of carbonyl (C=O) groups is 1. The maximum atomic E-state index is 13.1. The number of anilines is 1. The molecule has 1 amide bonds. The molecule has 7 nitrogen and oxygen atoms in total. The van der Waals surface area contributed by atoms with Crippen LogP contribution in [0.25, 0.3) is 10.2 Å². The van der Waals surface area contributed by atoms with Crippen LogP contribution in [0, 0.1) is 6.92 Å². The van der Waals surface area contributed by atoms with E-state index in [2.05, 4.69) is 4.98 Å². The van der Waals surface area contributed by atoms with E-state index in [1.807, 2.05) is 31.2 Å². The lowest BCUT2D eigenvalue weighted by Crippen LogP contribution is -2.41. The average molecular weight is 522 g/mol. The number of aromatic nitrogens is 1. The fraction of sp³-hybridized carbons (Fsp3) is 0.259. The molecule has 0 aliphatic carbocycles. The summed E-state index contributed by atoms with van der Waals surface area (Å²) in [5, 5.41) is 0.668. The van der Waals surface area contributed by atoms with Crippen LogP contribution < -0.4 is 9.04 Å². The van der Waals surface area contributed by atoms with Gasteiger partial charge in [-0.1, -0.05) is 41.7 Å². The van der Waals surface area contributed by atoms with Gasteiger partial charge in [0.25, 0.3) is 21.1 Å². The van der Waals surface area contributed by atoms with Crippen LogP contribution in [0.15, 0.2) is 77.7 Å². The topological polar surface area (TPSA) is 79.8 Å². The van der Waals surface area contributed by atoms with Crippen molar-refractivity contribution < 1.29 is 17.9 Å². The molecule has 186 valence electrons. The van der Waals surface area contributed by atoms with Crippen molar-refractivity contribution >= 4 is 43.2 Å². The van der Waals surface area contributed by atoms with Crippen LogP contribution in [0.5, 0.6) is 5.19 Å². The summed E-state index contributed by atoms with van der Waals surface area (Å²) in [4.78, 5) is 19.6. The summed E-state index contributed by atoms with van der Waals surface area (Å²) in [5.74, 6) is -0.107. The second kappa shape index (κ2) is 9.91. The summed E-state index contributed by atoms with van der Waals surface area (Å²) in [5.41, 5.74) is 3.15. The third-order valence-corrected chi connectivity index (χ3v) is 9.19. The molecule has 0 unspecified atom stereocenters. The quantitative estimate of drug-likeness (QED) is 0.352. The van der Waals surface area contributed by atoms with E-state index in [0.717, 1.165) is 28.6 Å². The first kappa shape index (κ1) is 24.3. The van der Waals surface area contributed by atoms with Crippen molar-refractivity contribution in [2.24, 2.45) is 0 Å². The van der Waals surface area contributed by atoms with E-state index in [-0.39, 0.29) is 16.9 Å². The number of amides is 1. The summed E-state index contributed by atoms with van der Waals surface area (Å²) in [6.07, 6.45) is 1.44. The van der Waals surface area contributed by atoms with Crippen LogP contribution in [0.4, 0.5) is 5.69 Å². The Bertz CT molecular complexity index is 1480. The first-order valence-electron chi connectivity index (χ1n) is 11.8. The van der Waals surface area contributed by atoms with Gasteiger partial charge < -0.3 is 9.64 Å². The molecule has 9 heteroatoms. The van der Waals surface area contributed by atoms with Gasteiger partial charge in [0.1, 0.15) is 6.10 Å². The maximum absolute atomic E-state index is 13.1. The van der Waals surface area contributed by atoms with E-state index < -0.39 is 10.0 Å². The number of carbonyl (C=O) groups excluding carboxylic acids is 1. The van der Waals surface area contributed by atoms with E-state index in [1.54, 1.807) is 52.6 Å². The number of fused-ring (bicyclic) bond motifs is 1. The van der Waals surface area contributed by atoms with Crippen molar-refractivity contribution in [1.29, 1.82) is 0 Å². The monoisotopic (exact) mass is 521 g/mol. The molecule has 0 atom stereocenters. The Morgan fingerprint density at radius 1 is 1.00 bits per heavy atom. The van der Waals surface area contributed by atoms with Crippen LogP contribution in [-0.4, -0.2) is 50.5 Å². The molecule has 0 radical (unpaired) electrons. The first-order valence-corrected chi connectivity index (χ1v) is 14.0. The van der Waals surface area contributed by atoms with E-state index >= 15 is 0 Å². The van der Waals surface area contributed by atoms with E-state index in [0.29, 0.717) is 29.5 Å². The number of hydrogen-bond acceptors (Lipinski definition) is 6. The lowest BCUT2D eigenvalue weighted by Gasteiger charge is -2.31. The van der Waals surface area contributed by atoms with Crippen LogP contribution in [0.1, 0.15) is 28.8 Å². The molecule has 1 aliphatic heterocycles. The number of para-hydroxylation sites is 2. The zero-order chi connectivity index (χ0) is 25.3. The molecule has 0 spiro atoms. The first-order chi connectivity index (χ1) is 17.3. The molecule has 36 heavy (non-hydrogen) atoms. The largest absolute Gasteiger partial charge is 0.467 e. The van der Waals surface area contributed by atoms with Gasteiger partial charge >= 0.3 is 0 Å². The van der Waals surface area contributed by atoms with Gasteiger partial charge in [-0.3, -0.25) is 9.10 Å². The Morgan fingerprint density at radius 3 is 2.36 bits per heavy atom. The van der Waals surface area contributed by atoms with Gasteiger partial charge in [0.2, 0.25) is 0 Å².